The van der Waals surface area contributed by atoms with Crippen LogP contribution in [-0.2, 0) is 6.18 Å². The van der Waals surface area contributed by atoms with E-state index in [1.165, 1.54) is 12.1 Å². The average molecular weight is 245 g/mol. The van der Waals surface area contributed by atoms with Crippen molar-refractivity contribution in [3.05, 3.63) is 35.4 Å². The van der Waals surface area contributed by atoms with Gasteiger partial charge in [-0.3, -0.25) is 0 Å². The lowest BCUT2D eigenvalue weighted by atomic mass is 9.77. The molecule has 0 aliphatic heterocycles. The zero-order valence-electron chi connectivity index (χ0n) is 10.3. The van der Waals surface area contributed by atoms with Gasteiger partial charge in [0.1, 0.15) is 0 Å². The van der Waals surface area contributed by atoms with Gasteiger partial charge in [-0.25, -0.2) is 0 Å². The van der Waals surface area contributed by atoms with Crippen LogP contribution < -0.4 is 5.73 Å². The van der Waals surface area contributed by atoms with Crippen LogP contribution in [0, 0.1) is 5.41 Å². The van der Waals surface area contributed by atoms with Gasteiger partial charge >= 0.3 is 6.18 Å². The number of alkyl halides is 3. The van der Waals surface area contributed by atoms with Crippen molar-refractivity contribution in [2.45, 2.75) is 39.4 Å². The van der Waals surface area contributed by atoms with Crippen molar-refractivity contribution in [2.24, 2.45) is 11.1 Å². The highest BCUT2D eigenvalue weighted by atomic mass is 19.4. The fraction of sp³-hybridized carbons (Fsp3) is 0.538. The zero-order chi connectivity index (χ0) is 13.3. The van der Waals surface area contributed by atoms with Crippen LogP contribution in [0.3, 0.4) is 0 Å². The van der Waals surface area contributed by atoms with Crippen LogP contribution in [-0.4, -0.2) is 0 Å². The summed E-state index contributed by atoms with van der Waals surface area (Å²) in [6.07, 6.45) is -3.63. The molecule has 1 rings (SSSR count). The minimum absolute atomic E-state index is 0.173. The zero-order valence-corrected chi connectivity index (χ0v) is 10.3. The van der Waals surface area contributed by atoms with Gasteiger partial charge in [-0.05, 0) is 23.5 Å². The van der Waals surface area contributed by atoms with E-state index in [-0.39, 0.29) is 11.0 Å². The van der Waals surface area contributed by atoms with Crippen LogP contribution in [0.5, 0.6) is 0 Å². The molecule has 0 aromatic heterocycles. The predicted molar refractivity (Wildman–Crippen MR) is 62.4 cm³/mol. The minimum Gasteiger partial charge on any atom is -0.323 e. The highest BCUT2D eigenvalue weighted by Crippen LogP contribution is 2.40. The molecule has 0 aliphatic carbocycles. The molecule has 1 unspecified atom stereocenters. The quantitative estimate of drug-likeness (QED) is 0.850. The van der Waals surface area contributed by atoms with Gasteiger partial charge in [0, 0.05) is 6.04 Å². The standard InChI is InChI=1S/C13H18F3N/c1-4-12(2,3)11(17)9-7-5-6-8-10(9)13(14,15)16/h5-8,11H,4,17H2,1-3H3. The summed E-state index contributed by atoms with van der Waals surface area (Å²) < 4.78 is 38.5. The van der Waals surface area contributed by atoms with E-state index in [0.29, 0.717) is 0 Å². The lowest BCUT2D eigenvalue weighted by Gasteiger charge is -2.32. The first kappa shape index (κ1) is 14.0. The predicted octanol–water partition coefficient (Wildman–Crippen LogP) is 4.14. The Bertz CT molecular complexity index is 382. The van der Waals surface area contributed by atoms with Gasteiger partial charge in [0.2, 0.25) is 0 Å². The van der Waals surface area contributed by atoms with Crippen molar-refractivity contribution >= 4 is 0 Å². The molecule has 0 amide bonds. The normalized spacial score (nSPS) is 14.8. The second-order valence-electron chi connectivity index (χ2n) is 4.90. The lowest BCUT2D eigenvalue weighted by Crippen LogP contribution is -2.30. The van der Waals surface area contributed by atoms with E-state index in [9.17, 15) is 13.2 Å². The topological polar surface area (TPSA) is 26.0 Å². The molecule has 17 heavy (non-hydrogen) atoms. The molecular weight excluding hydrogens is 227 g/mol. The molecule has 2 N–H and O–H groups in total. The van der Waals surface area contributed by atoms with Crippen LogP contribution in [0.2, 0.25) is 0 Å². The molecule has 1 aromatic rings. The molecule has 1 nitrogen and oxygen atoms in total. The first-order chi connectivity index (χ1) is 7.70. The van der Waals surface area contributed by atoms with Gasteiger partial charge in [-0.1, -0.05) is 39.0 Å². The van der Waals surface area contributed by atoms with Crippen molar-refractivity contribution in [1.82, 2.24) is 0 Å². The maximum Gasteiger partial charge on any atom is 0.416 e. The van der Waals surface area contributed by atoms with E-state index in [0.717, 1.165) is 12.5 Å². The first-order valence-electron chi connectivity index (χ1n) is 5.62. The van der Waals surface area contributed by atoms with E-state index < -0.39 is 17.8 Å². The van der Waals surface area contributed by atoms with Gasteiger partial charge < -0.3 is 5.73 Å². The van der Waals surface area contributed by atoms with E-state index in [4.69, 9.17) is 5.73 Å². The third-order valence-corrected chi connectivity index (χ3v) is 3.35. The third-order valence-electron chi connectivity index (χ3n) is 3.35. The average Bonchev–Trinajstić information content (AvgIpc) is 2.27. The lowest BCUT2D eigenvalue weighted by molar-refractivity contribution is -0.138. The summed E-state index contributed by atoms with van der Waals surface area (Å²) in [6, 6.07) is 4.91. The second-order valence-corrected chi connectivity index (χ2v) is 4.90. The van der Waals surface area contributed by atoms with Crippen LogP contribution in [0.1, 0.15) is 44.4 Å². The first-order valence-corrected chi connectivity index (χ1v) is 5.62. The third kappa shape index (κ3) is 3.00. The molecule has 0 saturated carbocycles. The Morgan fingerprint density at radius 1 is 1.18 bits per heavy atom. The van der Waals surface area contributed by atoms with Gasteiger partial charge in [0.25, 0.3) is 0 Å². The van der Waals surface area contributed by atoms with E-state index in [2.05, 4.69) is 0 Å². The van der Waals surface area contributed by atoms with Gasteiger partial charge in [-0.15, -0.1) is 0 Å². The Morgan fingerprint density at radius 2 is 1.71 bits per heavy atom. The van der Waals surface area contributed by atoms with Crippen LogP contribution in [0.15, 0.2) is 24.3 Å². The van der Waals surface area contributed by atoms with Crippen LogP contribution in [0.4, 0.5) is 13.2 Å². The van der Waals surface area contributed by atoms with Gasteiger partial charge in [0.05, 0.1) is 5.56 Å². The maximum absolute atomic E-state index is 12.8. The van der Waals surface area contributed by atoms with Crippen molar-refractivity contribution in [1.29, 1.82) is 0 Å². The van der Waals surface area contributed by atoms with Crippen molar-refractivity contribution in [3.63, 3.8) is 0 Å². The van der Waals surface area contributed by atoms with E-state index in [1.54, 1.807) is 6.07 Å². The molecule has 1 atom stereocenters. The number of hydrogen-bond acceptors (Lipinski definition) is 1. The summed E-state index contributed by atoms with van der Waals surface area (Å²) >= 11 is 0. The Kier molecular flexibility index (Phi) is 3.87. The van der Waals surface area contributed by atoms with Crippen molar-refractivity contribution in [2.75, 3.05) is 0 Å². The molecule has 0 saturated heterocycles. The molecule has 1 aromatic carbocycles. The summed E-state index contributed by atoms with van der Waals surface area (Å²) in [4.78, 5) is 0. The Hall–Kier alpha value is -1.03. The SMILES string of the molecule is CCC(C)(C)C(N)c1ccccc1C(F)(F)F. The second kappa shape index (κ2) is 4.69. The molecule has 0 aliphatic rings. The Morgan fingerprint density at radius 3 is 2.18 bits per heavy atom. The summed E-state index contributed by atoms with van der Waals surface area (Å²) in [5.41, 5.74) is 5.16. The van der Waals surface area contributed by atoms with E-state index >= 15 is 0 Å². The van der Waals surface area contributed by atoms with E-state index in [1.807, 2.05) is 20.8 Å². The highest BCUT2D eigenvalue weighted by molar-refractivity contribution is 5.33. The molecule has 0 radical (unpaired) electrons. The summed E-state index contributed by atoms with van der Waals surface area (Å²) in [7, 11) is 0. The fourth-order valence-electron chi connectivity index (χ4n) is 1.67. The number of halogens is 3. The summed E-state index contributed by atoms with van der Waals surface area (Å²) in [5, 5.41) is 0. The Balaban J connectivity index is 3.23. The van der Waals surface area contributed by atoms with Crippen molar-refractivity contribution in [3.8, 4) is 0 Å². The monoisotopic (exact) mass is 245 g/mol. The molecule has 0 fully saturated rings. The van der Waals surface area contributed by atoms with Gasteiger partial charge in [-0.2, -0.15) is 13.2 Å². The number of benzene rings is 1. The maximum atomic E-state index is 12.8. The fourth-order valence-corrected chi connectivity index (χ4v) is 1.67. The highest BCUT2D eigenvalue weighted by Gasteiger charge is 2.37. The number of nitrogens with two attached hydrogens (primary N) is 1. The number of hydrogen-bond donors (Lipinski definition) is 1. The summed E-state index contributed by atoms with van der Waals surface area (Å²) in [6.45, 7) is 5.69. The molecule has 0 heterocycles. The molecule has 0 bridgehead atoms. The molecule has 4 heteroatoms. The largest absolute Gasteiger partial charge is 0.416 e. The molecular formula is C13H18F3N. The molecule has 96 valence electrons. The van der Waals surface area contributed by atoms with Crippen LogP contribution in [0.25, 0.3) is 0 Å². The van der Waals surface area contributed by atoms with Crippen molar-refractivity contribution < 1.29 is 13.2 Å². The minimum atomic E-state index is -4.35. The van der Waals surface area contributed by atoms with Gasteiger partial charge in [0.15, 0.2) is 0 Å². The smallest absolute Gasteiger partial charge is 0.323 e. The Labute approximate surface area is 99.8 Å². The number of rotatable bonds is 3. The summed E-state index contributed by atoms with van der Waals surface area (Å²) in [5.74, 6) is 0. The van der Waals surface area contributed by atoms with Crippen LogP contribution >= 0.6 is 0 Å². The molecule has 0 spiro atoms.